The molecule has 3 aromatic carbocycles. The van der Waals surface area contributed by atoms with Gasteiger partial charge in [-0.3, -0.25) is 0 Å². The Bertz CT molecular complexity index is 1540. The molecule has 0 spiro atoms. The van der Waals surface area contributed by atoms with Crippen molar-refractivity contribution < 1.29 is 14.2 Å². The Labute approximate surface area is 215 Å². The van der Waals surface area contributed by atoms with Gasteiger partial charge in [-0.1, -0.05) is 53.0 Å². The van der Waals surface area contributed by atoms with Gasteiger partial charge < -0.3 is 14.4 Å². The molecule has 2 aromatic heterocycles. The van der Waals surface area contributed by atoms with Crippen LogP contribution in [0.2, 0.25) is 15.2 Å². The number of imidazole rings is 1. The average Bonchev–Trinajstić information content (AvgIpc) is 3.29. The van der Waals surface area contributed by atoms with Gasteiger partial charge in [0.15, 0.2) is 16.5 Å². The summed E-state index contributed by atoms with van der Waals surface area (Å²) < 4.78 is 20.9. The maximum atomic E-state index is 13.3. The summed E-state index contributed by atoms with van der Waals surface area (Å²) in [5, 5.41) is 13.5. The quantitative estimate of drug-likeness (QED) is 0.246. The van der Waals surface area contributed by atoms with Crippen molar-refractivity contribution in [3.05, 3.63) is 117 Å². The van der Waals surface area contributed by atoms with Gasteiger partial charge in [-0.15, -0.1) is 0 Å². The van der Waals surface area contributed by atoms with Gasteiger partial charge in [0.05, 0.1) is 28.8 Å². The Morgan fingerprint density at radius 2 is 1.63 bits per heavy atom. The number of hydrogen-bond donors (Lipinski definition) is 1. The molecule has 0 aliphatic carbocycles. The number of benzene rings is 3. The van der Waals surface area contributed by atoms with Crippen LogP contribution in [0.4, 0.5) is 4.39 Å². The van der Waals surface area contributed by atoms with Crippen molar-refractivity contribution in [1.82, 2.24) is 14.5 Å². The number of pyridine rings is 1. The van der Waals surface area contributed by atoms with Crippen LogP contribution in [0.1, 0.15) is 16.8 Å². The predicted molar refractivity (Wildman–Crippen MR) is 135 cm³/mol. The molecule has 0 bridgehead atoms. The molecule has 0 fully saturated rings. The highest BCUT2D eigenvalue weighted by atomic mass is 35.5. The molecule has 0 radical (unpaired) electrons. The van der Waals surface area contributed by atoms with E-state index >= 15 is 0 Å². The predicted octanol–water partition coefficient (Wildman–Crippen LogP) is 7.14. The van der Waals surface area contributed by atoms with Gasteiger partial charge in [0.2, 0.25) is 0 Å². The van der Waals surface area contributed by atoms with E-state index in [4.69, 9.17) is 39.5 Å². The van der Waals surface area contributed by atoms with E-state index in [9.17, 15) is 9.50 Å². The third-order valence-corrected chi connectivity index (χ3v) is 6.62. The zero-order valence-corrected chi connectivity index (χ0v) is 20.5. The molecule has 0 aliphatic rings. The molecule has 0 amide bonds. The van der Waals surface area contributed by atoms with Crippen LogP contribution in [0.25, 0.3) is 10.9 Å². The van der Waals surface area contributed by atoms with Crippen molar-refractivity contribution in [2.24, 2.45) is 7.05 Å². The van der Waals surface area contributed by atoms with Gasteiger partial charge in [0.1, 0.15) is 11.6 Å². The number of halogens is 4. The lowest BCUT2D eigenvalue weighted by atomic mass is 9.83. The van der Waals surface area contributed by atoms with Crippen molar-refractivity contribution in [2.75, 3.05) is 0 Å². The molecular weight excluding hydrogens is 512 g/mol. The number of fused-ring (bicyclic) bond motifs is 1. The van der Waals surface area contributed by atoms with Gasteiger partial charge in [0, 0.05) is 17.5 Å². The summed E-state index contributed by atoms with van der Waals surface area (Å²) >= 11 is 19.2. The first-order chi connectivity index (χ1) is 16.8. The number of aliphatic hydroxyl groups is 1. The number of aromatic nitrogens is 3. The first-order valence-corrected chi connectivity index (χ1v) is 11.6. The maximum Gasteiger partial charge on any atom is 0.183 e. The number of rotatable bonds is 5. The van der Waals surface area contributed by atoms with Crippen molar-refractivity contribution in [2.45, 2.75) is 5.60 Å². The zero-order chi connectivity index (χ0) is 24.7. The largest absolute Gasteiger partial charge is 0.453 e. The molecule has 1 atom stereocenters. The molecule has 9 heteroatoms. The number of ether oxygens (including phenoxy) is 1. The highest BCUT2D eigenvalue weighted by molar-refractivity contribution is 6.40. The van der Waals surface area contributed by atoms with E-state index in [0.717, 1.165) is 0 Å². The lowest BCUT2D eigenvalue weighted by molar-refractivity contribution is 0.117. The van der Waals surface area contributed by atoms with Crippen LogP contribution in [-0.4, -0.2) is 19.6 Å². The zero-order valence-electron chi connectivity index (χ0n) is 18.2. The summed E-state index contributed by atoms with van der Waals surface area (Å²) in [6.45, 7) is 0. The second kappa shape index (κ2) is 9.13. The number of aryl methyl sites for hydroxylation is 1. The molecule has 5 rings (SSSR count). The van der Waals surface area contributed by atoms with Crippen LogP contribution in [0.15, 0.2) is 79.3 Å². The van der Waals surface area contributed by atoms with E-state index < -0.39 is 11.4 Å². The Kier molecular flexibility index (Phi) is 6.15. The average molecular weight is 529 g/mol. The standard InChI is InChI=1S/C26H17Cl3FN3O2/c1-33-14-31-13-22(33)26(34,15-2-5-17(27)6-3-15)16-4-11-21-20(12-16)23(28)24(25(29)32-21)35-19-9-7-18(30)8-10-19/h2-14,34H,1H3. The first kappa shape index (κ1) is 23.6. The fourth-order valence-electron chi connectivity index (χ4n) is 3.97. The van der Waals surface area contributed by atoms with E-state index in [-0.39, 0.29) is 15.9 Å². The fraction of sp³-hybridized carbons (Fsp3) is 0.0769. The summed E-state index contributed by atoms with van der Waals surface area (Å²) in [5.41, 5.74) is 0.587. The van der Waals surface area contributed by atoms with Crippen molar-refractivity contribution in [1.29, 1.82) is 0 Å². The summed E-state index contributed by atoms with van der Waals surface area (Å²) in [6, 6.07) is 17.6. The van der Waals surface area contributed by atoms with Gasteiger partial charge in [0.25, 0.3) is 0 Å². The van der Waals surface area contributed by atoms with Crippen LogP contribution in [0.3, 0.4) is 0 Å². The molecule has 1 N–H and O–H groups in total. The van der Waals surface area contributed by atoms with E-state index in [0.29, 0.717) is 38.5 Å². The van der Waals surface area contributed by atoms with E-state index in [2.05, 4.69) is 9.97 Å². The van der Waals surface area contributed by atoms with Crippen molar-refractivity contribution in [3.63, 3.8) is 0 Å². The summed E-state index contributed by atoms with van der Waals surface area (Å²) in [6.07, 6.45) is 3.21. The summed E-state index contributed by atoms with van der Waals surface area (Å²) in [5.74, 6) is 0.0766. The molecule has 2 heterocycles. The van der Waals surface area contributed by atoms with Gasteiger partial charge in [-0.05, 0) is 59.7 Å². The molecule has 0 aliphatic heterocycles. The Morgan fingerprint density at radius 1 is 0.943 bits per heavy atom. The van der Waals surface area contributed by atoms with E-state index in [1.165, 1.54) is 24.3 Å². The molecule has 1 unspecified atom stereocenters. The fourth-order valence-corrected chi connectivity index (χ4v) is 4.65. The monoisotopic (exact) mass is 527 g/mol. The molecule has 35 heavy (non-hydrogen) atoms. The highest BCUT2D eigenvalue weighted by Gasteiger charge is 2.37. The second-order valence-electron chi connectivity index (χ2n) is 7.94. The van der Waals surface area contributed by atoms with Crippen LogP contribution in [0.5, 0.6) is 11.5 Å². The van der Waals surface area contributed by atoms with Crippen LogP contribution in [-0.2, 0) is 12.6 Å². The topological polar surface area (TPSA) is 60.2 Å². The molecule has 0 saturated heterocycles. The maximum absolute atomic E-state index is 13.3. The molecular formula is C26H17Cl3FN3O2. The van der Waals surface area contributed by atoms with Gasteiger partial charge >= 0.3 is 0 Å². The molecule has 5 aromatic rings. The SMILES string of the molecule is Cn1cncc1C(O)(c1ccc(Cl)cc1)c1ccc2nc(Cl)c(Oc3ccc(F)cc3)c(Cl)c2c1. The molecule has 176 valence electrons. The number of hydrogen-bond acceptors (Lipinski definition) is 4. The van der Waals surface area contributed by atoms with Crippen LogP contribution < -0.4 is 4.74 Å². The van der Waals surface area contributed by atoms with Crippen LogP contribution >= 0.6 is 34.8 Å². The second-order valence-corrected chi connectivity index (χ2v) is 9.11. The Hall–Kier alpha value is -3.16. The Balaban J connectivity index is 1.69. The molecule has 5 nitrogen and oxygen atoms in total. The van der Waals surface area contributed by atoms with Crippen LogP contribution in [0, 0.1) is 5.82 Å². The van der Waals surface area contributed by atoms with Crippen molar-refractivity contribution >= 4 is 45.7 Å². The van der Waals surface area contributed by atoms with E-state index in [1.54, 1.807) is 66.6 Å². The third-order valence-electron chi connectivity index (χ3n) is 5.74. The first-order valence-electron chi connectivity index (χ1n) is 10.4. The summed E-state index contributed by atoms with van der Waals surface area (Å²) in [7, 11) is 1.80. The third kappa shape index (κ3) is 4.23. The normalized spacial score (nSPS) is 13.1. The minimum absolute atomic E-state index is 0.0548. The van der Waals surface area contributed by atoms with Gasteiger partial charge in [-0.2, -0.15) is 0 Å². The smallest absolute Gasteiger partial charge is 0.183 e. The highest BCUT2D eigenvalue weighted by Crippen LogP contribution is 2.43. The lowest BCUT2D eigenvalue weighted by Crippen LogP contribution is -2.31. The van der Waals surface area contributed by atoms with E-state index in [1.807, 2.05) is 0 Å². The van der Waals surface area contributed by atoms with Gasteiger partial charge in [-0.25, -0.2) is 14.4 Å². The van der Waals surface area contributed by atoms with Crippen molar-refractivity contribution in [3.8, 4) is 11.5 Å². The molecule has 0 saturated carbocycles. The lowest BCUT2D eigenvalue weighted by Gasteiger charge is -2.30. The number of nitrogens with zero attached hydrogens (tertiary/aromatic N) is 3. The summed E-state index contributed by atoms with van der Waals surface area (Å²) in [4.78, 5) is 8.59. The Morgan fingerprint density at radius 3 is 2.29 bits per heavy atom. The minimum Gasteiger partial charge on any atom is -0.453 e. The minimum atomic E-state index is -1.58.